The minimum atomic E-state index is -3.99. The fourth-order valence-corrected chi connectivity index (χ4v) is 3.90. The van der Waals surface area contributed by atoms with Gasteiger partial charge in [0.1, 0.15) is 10.7 Å². The van der Waals surface area contributed by atoms with Gasteiger partial charge in [0.2, 0.25) is 10.0 Å². The van der Waals surface area contributed by atoms with Gasteiger partial charge < -0.3 is 5.11 Å². The molecule has 0 atom stereocenters. The minimum absolute atomic E-state index is 0.116. The molecule has 11 heteroatoms. The Morgan fingerprint density at radius 2 is 2.23 bits per heavy atom. The Labute approximate surface area is 128 Å². The fourth-order valence-electron chi connectivity index (χ4n) is 1.67. The molecule has 120 valence electrons. The first kappa shape index (κ1) is 16.5. The zero-order chi connectivity index (χ0) is 16.5. The molecule has 22 heavy (non-hydrogen) atoms. The zero-order valence-corrected chi connectivity index (χ0v) is 12.8. The van der Waals surface area contributed by atoms with Crippen LogP contribution in [0.1, 0.15) is 22.0 Å². The van der Waals surface area contributed by atoms with E-state index in [0.717, 1.165) is 34.1 Å². The number of carboxylic acids is 1. The van der Waals surface area contributed by atoms with Crippen molar-refractivity contribution in [3.8, 4) is 0 Å². The quantitative estimate of drug-likeness (QED) is 0.857. The van der Waals surface area contributed by atoms with Crippen LogP contribution in [0.3, 0.4) is 0 Å². The molecule has 2 rings (SSSR count). The highest BCUT2D eigenvalue weighted by Crippen LogP contribution is 2.23. The number of rotatable bonds is 6. The van der Waals surface area contributed by atoms with Crippen LogP contribution in [-0.4, -0.2) is 40.4 Å². The van der Waals surface area contributed by atoms with E-state index in [1.54, 1.807) is 0 Å². The Bertz CT molecular complexity index is 785. The average molecular weight is 351 g/mol. The second kappa shape index (κ2) is 6.10. The van der Waals surface area contributed by atoms with Crippen LogP contribution in [0.25, 0.3) is 0 Å². The fraction of sp³-hybridized carbons (Fsp3) is 0.273. The van der Waals surface area contributed by atoms with Gasteiger partial charge in [-0.3, -0.25) is 4.57 Å². The molecule has 2 aromatic heterocycles. The Morgan fingerprint density at radius 1 is 1.55 bits per heavy atom. The van der Waals surface area contributed by atoms with E-state index >= 15 is 0 Å². The van der Waals surface area contributed by atoms with Crippen LogP contribution < -0.4 is 0 Å². The lowest BCUT2D eigenvalue weighted by molar-refractivity contribution is 0.0656. The molecule has 0 saturated carbocycles. The van der Waals surface area contributed by atoms with Crippen LogP contribution in [0, 0.1) is 0 Å². The molecule has 0 fully saturated rings. The van der Waals surface area contributed by atoms with E-state index < -0.39 is 22.5 Å². The summed E-state index contributed by atoms with van der Waals surface area (Å²) in [5, 5.41) is 10.0. The van der Waals surface area contributed by atoms with Gasteiger partial charge in [0.25, 0.3) is 0 Å². The summed E-state index contributed by atoms with van der Waals surface area (Å²) in [7, 11) is -2.78. The van der Waals surface area contributed by atoms with Crippen molar-refractivity contribution in [3.05, 3.63) is 34.5 Å². The maximum Gasteiger partial charge on any atom is 0.345 e. The Kier molecular flexibility index (Phi) is 4.58. The van der Waals surface area contributed by atoms with Gasteiger partial charge in [-0.05, 0) is 6.07 Å². The van der Waals surface area contributed by atoms with Gasteiger partial charge in [-0.1, -0.05) is 0 Å². The van der Waals surface area contributed by atoms with Crippen molar-refractivity contribution in [2.75, 3.05) is 7.05 Å². The van der Waals surface area contributed by atoms with Crippen molar-refractivity contribution >= 4 is 27.3 Å². The van der Waals surface area contributed by atoms with E-state index in [9.17, 15) is 22.0 Å². The largest absolute Gasteiger partial charge is 0.477 e. The maximum atomic E-state index is 12.7. The predicted octanol–water partition coefficient (Wildman–Crippen LogP) is 1.86. The summed E-state index contributed by atoms with van der Waals surface area (Å²) in [6, 6.07) is 1.03. The molecule has 0 aromatic carbocycles. The first-order chi connectivity index (χ1) is 10.2. The van der Waals surface area contributed by atoms with Crippen LogP contribution in [0.2, 0.25) is 0 Å². The van der Waals surface area contributed by atoms with E-state index in [1.807, 2.05) is 0 Å². The predicted molar refractivity (Wildman–Crippen MR) is 73.4 cm³/mol. The first-order valence-corrected chi connectivity index (χ1v) is 8.13. The van der Waals surface area contributed by atoms with Crippen molar-refractivity contribution in [1.82, 2.24) is 13.9 Å². The van der Waals surface area contributed by atoms with Gasteiger partial charge >= 0.3 is 12.5 Å². The second-order valence-electron chi connectivity index (χ2n) is 4.24. The number of imidazole rings is 1. The average Bonchev–Trinajstić information content (AvgIpc) is 3.07. The van der Waals surface area contributed by atoms with Crippen LogP contribution in [0.5, 0.6) is 0 Å². The van der Waals surface area contributed by atoms with Crippen molar-refractivity contribution in [3.63, 3.8) is 0 Å². The molecule has 0 saturated heterocycles. The molecule has 0 aliphatic carbocycles. The van der Waals surface area contributed by atoms with Crippen LogP contribution in [-0.2, 0) is 16.6 Å². The number of carboxylic acid groups (broad SMARTS) is 1. The highest BCUT2D eigenvalue weighted by molar-refractivity contribution is 7.89. The summed E-state index contributed by atoms with van der Waals surface area (Å²) in [6.45, 7) is -3.19. The lowest BCUT2D eigenvalue weighted by Crippen LogP contribution is -2.27. The summed E-state index contributed by atoms with van der Waals surface area (Å²) in [6.07, 6.45) is 2.20. The summed E-state index contributed by atoms with van der Waals surface area (Å²) >= 11 is 0.772. The zero-order valence-electron chi connectivity index (χ0n) is 11.2. The molecule has 0 aliphatic rings. The summed E-state index contributed by atoms with van der Waals surface area (Å²) in [5.41, 5.74) is 0. The highest BCUT2D eigenvalue weighted by atomic mass is 32.2. The number of hydrogen-bond donors (Lipinski definition) is 1. The monoisotopic (exact) mass is 351 g/mol. The first-order valence-electron chi connectivity index (χ1n) is 5.81. The van der Waals surface area contributed by atoms with E-state index in [0.29, 0.717) is 4.57 Å². The standard InChI is InChI=1S/C11H11F2N3O4S2/c1-15(5-9-14-2-3-16(9)11(12)13)22(19,20)7-4-8(10(17)18)21-6-7/h2-4,6,11H,5H2,1H3,(H,17,18). The molecule has 0 radical (unpaired) electrons. The SMILES string of the molecule is CN(Cc1nccn1C(F)F)S(=O)(=O)c1csc(C(=O)O)c1. The lowest BCUT2D eigenvalue weighted by Gasteiger charge is -2.16. The number of carbonyl (C=O) groups is 1. The molecule has 1 N–H and O–H groups in total. The summed E-state index contributed by atoms with van der Waals surface area (Å²) in [4.78, 5) is 14.2. The van der Waals surface area contributed by atoms with Gasteiger partial charge in [-0.2, -0.15) is 13.1 Å². The number of halogens is 2. The van der Waals surface area contributed by atoms with Crippen LogP contribution in [0.15, 0.2) is 28.7 Å². The van der Waals surface area contributed by atoms with Gasteiger partial charge in [0.15, 0.2) is 0 Å². The van der Waals surface area contributed by atoms with Crippen molar-refractivity contribution < 1.29 is 27.1 Å². The van der Waals surface area contributed by atoms with E-state index in [2.05, 4.69) is 4.98 Å². The highest BCUT2D eigenvalue weighted by Gasteiger charge is 2.25. The topological polar surface area (TPSA) is 92.5 Å². The Morgan fingerprint density at radius 3 is 2.77 bits per heavy atom. The number of aromatic carboxylic acids is 1. The van der Waals surface area contributed by atoms with E-state index in [4.69, 9.17) is 5.11 Å². The van der Waals surface area contributed by atoms with E-state index in [1.165, 1.54) is 12.4 Å². The van der Waals surface area contributed by atoms with E-state index in [-0.39, 0.29) is 22.1 Å². The van der Waals surface area contributed by atoms with Crippen LogP contribution >= 0.6 is 11.3 Å². The number of sulfonamides is 1. The smallest absolute Gasteiger partial charge is 0.345 e. The molecule has 0 amide bonds. The minimum Gasteiger partial charge on any atom is -0.477 e. The number of hydrogen-bond acceptors (Lipinski definition) is 5. The van der Waals surface area contributed by atoms with Gasteiger partial charge in [0, 0.05) is 24.8 Å². The molecule has 2 heterocycles. The van der Waals surface area contributed by atoms with Crippen molar-refractivity contribution in [1.29, 1.82) is 0 Å². The van der Waals surface area contributed by atoms with Crippen molar-refractivity contribution in [2.24, 2.45) is 0 Å². The normalized spacial score (nSPS) is 12.2. The van der Waals surface area contributed by atoms with Gasteiger partial charge in [0.05, 0.1) is 11.4 Å². The number of aromatic nitrogens is 2. The molecule has 0 unspecified atom stereocenters. The molecular weight excluding hydrogens is 340 g/mol. The third-order valence-corrected chi connectivity index (χ3v) is 5.67. The second-order valence-corrected chi connectivity index (χ2v) is 7.20. The third-order valence-electron chi connectivity index (χ3n) is 2.82. The summed E-state index contributed by atoms with van der Waals surface area (Å²) < 4.78 is 51.4. The number of nitrogens with zero attached hydrogens (tertiary/aromatic N) is 3. The molecular formula is C11H11F2N3O4S2. The molecule has 0 spiro atoms. The lowest BCUT2D eigenvalue weighted by atomic mass is 10.5. The van der Waals surface area contributed by atoms with Crippen molar-refractivity contribution in [2.45, 2.75) is 18.0 Å². The molecule has 7 nitrogen and oxygen atoms in total. The molecule has 0 bridgehead atoms. The Balaban J connectivity index is 2.25. The Hall–Kier alpha value is -1.85. The molecule has 2 aromatic rings. The number of thiophene rings is 1. The summed E-state index contributed by atoms with van der Waals surface area (Å²) in [5.74, 6) is -1.35. The number of alkyl halides is 2. The van der Waals surface area contributed by atoms with Gasteiger partial charge in [-0.15, -0.1) is 11.3 Å². The molecule has 0 aliphatic heterocycles. The van der Waals surface area contributed by atoms with Crippen LogP contribution in [0.4, 0.5) is 8.78 Å². The third kappa shape index (κ3) is 3.15. The maximum absolute atomic E-state index is 12.7. The van der Waals surface area contributed by atoms with Gasteiger partial charge in [-0.25, -0.2) is 18.2 Å².